The summed E-state index contributed by atoms with van der Waals surface area (Å²) in [5, 5.41) is 31.8. The number of anilines is 3. The highest BCUT2D eigenvalue weighted by Gasteiger charge is 2.31. The van der Waals surface area contributed by atoms with Crippen LogP contribution in [-0.4, -0.2) is 40.2 Å². The fourth-order valence-corrected chi connectivity index (χ4v) is 1.53. The van der Waals surface area contributed by atoms with Crippen molar-refractivity contribution in [2.75, 3.05) is 29.5 Å². The summed E-state index contributed by atoms with van der Waals surface area (Å²) in [4.78, 5) is 30.7. The lowest BCUT2D eigenvalue weighted by molar-refractivity contribution is -0.383. The van der Waals surface area contributed by atoms with Gasteiger partial charge in [-0.25, -0.2) is 8.78 Å². The quantitative estimate of drug-likeness (QED) is 0.272. The molecular weight excluding hydrogens is 310 g/mol. The van der Waals surface area contributed by atoms with E-state index < -0.39 is 64.3 Å². The number of rotatable bonds is 7. The van der Waals surface area contributed by atoms with Gasteiger partial charge in [0.15, 0.2) is 23.0 Å². The monoisotopic (exact) mass is 320 g/mol. The van der Waals surface area contributed by atoms with E-state index in [4.69, 9.17) is 15.9 Å². The number of nitrogen functional groups attached to an aromatic ring is 1. The van der Waals surface area contributed by atoms with Crippen LogP contribution < -0.4 is 16.4 Å². The normalized spacial score (nSPS) is 10.1. The van der Waals surface area contributed by atoms with Crippen molar-refractivity contribution in [3.8, 4) is 0 Å². The van der Waals surface area contributed by atoms with Crippen LogP contribution in [0.5, 0.6) is 0 Å². The Morgan fingerprint density at radius 3 is 1.73 bits per heavy atom. The molecule has 0 aliphatic carbocycles. The Kier molecular flexibility index (Phi) is 5.00. The number of hydrogen-bond donors (Lipinski definition) is 5. The topological polar surface area (TPSA) is 168 Å². The number of hydrogen-bond acceptors (Lipinski definition) is 7. The second kappa shape index (κ2) is 6.51. The summed E-state index contributed by atoms with van der Waals surface area (Å²) >= 11 is 0. The van der Waals surface area contributed by atoms with Crippen molar-refractivity contribution in [1.29, 1.82) is 0 Å². The van der Waals surface area contributed by atoms with E-state index in [1.54, 1.807) is 0 Å². The molecule has 10 nitrogen and oxygen atoms in total. The Hall–Kier alpha value is -3.18. The lowest BCUT2D eigenvalue weighted by Crippen LogP contribution is -2.19. The summed E-state index contributed by atoms with van der Waals surface area (Å²) in [5.74, 6) is -6.02. The van der Waals surface area contributed by atoms with Crippen molar-refractivity contribution in [1.82, 2.24) is 0 Å². The molecule has 0 fully saturated rings. The van der Waals surface area contributed by atoms with Crippen LogP contribution in [0.15, 0.2) is 0 Å². The summed E-state index contributed by atoms with van der Waals surface area (Å²) in [6.07, 6.45) is 0. The van der Waals surface area contributed by atoms with Gasteiger partial charge in [-0.3, -0.25) is 19.7 Å². The van der Waals surface area contributed by atoms with Gasteiger partial charge in [-0.1, -0.05) is 0 Å². The van der Waals surface area contributed by atoms with Crippen molar-refractivity contribution in [2.24, 2.45) is 0 Å². The van der Waals surface area contributed by atoms with E-state index in [1.165, 1.54) is 0 Å². The van der Waals surface area contributed by atoms with Gasteiger partial charge in [-0.05, 0) is 0 Å². The zero-order chi connectivity index (χ0) is 17.0. The van der Waals surface area contributed by atoms with Crippen molar-refractivity contribution >= 4 is 34.7 Å². The van der Waals surface area contributed by atoms with E-state index in [0.717, 1.165) is 0 Å². The van der Waals surface area contributed by atoms with Crippen LogP contribution in [0, 0.1) is 21.7 Å². The van der Waals surface area contributed by atoms with E-state index in [9.17, 15) is 28.5 Å². The highest BCUT2D eigenvalue weighted by atomic mass is 19.1. The molecule has 0 heterocycles. The molecule has 0 spiro atoms. The van der Waals surface area contributed by atoms with Crippen LogP contribution in [0.3, 0.4) is 0 Å². The van der Waals surface area contributed by atoms with E-state index in [1.807, 2.05) is 10.6 Å². The molecule has 1 aromatic carbocycles. The molecular formula is C10H10F2N4O6. The van der Waals surface area contributed by atoms with Crippen molar-refractivity contribution in [3.05, 3.63) is 21.7 Å². The van der Waals surface area contributed by atoms with Crippen LogP contribution in [0.2, 0.25) is 0 Å². The summed E-state index contributed by atoms with van der Waals surface area (Å²) in [6, 6.07) is 0. The molecule has 0 unspecified atom stereocenters. The number of nitrogens with zero attached hydrogens (tertiary/aromatic N) is 1. The molecule has 0 bridgehead atoms. The fourth-order valence-electron chi connectivity index (χ4n) is 1.53. The van der Waals surface area contributed by atoms with Gasteiger partial charge in [0.05, 0.1) is 4.92 Å². The zero-order valence-corrected chi connectivity index (χ0v) is 10.7. The van der Waals surface area contributed by atoms with Crippen LogP contribution in [0.1, 0.15) is 0 Å². The van der Waals surface area contributed by atoms with Gasteiger partial charge in [0.2, 0.25) is 0 Å². The molecule has 12 heteroatoms. The Balaban J connectivity index is 3.49. The smallest absolute Gasteiger partial charge is 0.322 e. The van der Waals surface area contributed by atoms with Gasteiger partial charge in [-0.15, -0.1) is 0 Å². The minimum atomic E-state index is -1.55. The first-order valence-electron chi connectivity index (χ1n) is 5.53. The van der Waals surface area contributed by atoms with Crippen molar-refractivity contribution in [2.45, 2.75) is 0 Å². The minimum Gasteiger partial charge on any atom is -0.480 e. The van der Waals surface area contributed by atoms with Gasteiger partial charge in [0, 0.05) is 0 Å². The molecule has 0 atom stereocenters. The number of aliphatic carboxylic acids is 2. The van der Waals surface area contributed by atoms with Crippen LogP contribution in [0.25, 0.3) is 0 Å². The summed E-state index contributed by atoms with van der Waals surface area (Å²) in [6.45, 7) is -1.80. The molecule has 1 aromatic rings. The maximum Gasteiger partial charge on any atom is 0.322 e. The summed E-state index contributed by atoms with van der Waals surface area (Å²) < 4.78 is 27.7. The van der Waals surface area contributed by atoms with Crippen molar-refractivity contribution < 1.29 is 33.5 Å². The lowest BCUT2D eigenvalue weighted by Gasteiger charge is -2.14. The predicted octanol–water partition coefficient (Wildman–Crippen LogP) is 0.448. The number of benzene rings is 1. The third-order valence-electron chi connectivity index (χ3n) is 2.40. The third kappa shape index (κ3) is 3.47. The Morgan fingerprint density at radius 2 is 1.45 bits per heavy atom. The zero-order valence-electron chi connectivity index (χ0n) is 10.7. The highest BCUT2D eigenvalue weighted by Crippen LogP contribution is 2.41. The van der Waals surface area contributed by atoms with Gasteiger partial charge >= 0.3 is 17.6 Å². The minimum absolute atomic E-state index is 0.902. The molecule has 6 N–H and O–H groups in total. The molecule has 0 aliphatic rings. The van der Waals surface area contributed by atoms with E-state index in [0.29, 0.717) is 0 Å². The standard InChI is InChI=1S/C10H10F2N4O6/c11-5-7(13)6(12)9(15-2-4(19)20)10(16(21)22)8(5)14-1-3(17)18/h14-15H,1-2,13H2,(H,17,18)(H,19,20). The number of nitrogens with two attached hydrogens (primary N) is 1. The van der Waals surface area contributed by atoms with Gasteiger partial charge in [0.1, 0.15) is 18.8 Å². The van der Waals surface area contributed by atoms with Crippen LogP contribution in [-0.2, 0) is 9.59 Å². The Bertz CT molecular complexity index is 606. The number of nitro benzene ring substituents is 1. The van der Waals surface area contributed by atoms with E-state index in [-0.39, 0.29) is 0 Å². The summed E-state index contributed by atoms with van der Waals surface area (Å²) in [7, 11) is 0. The van der Waals surface area contributed by atoms with Gasteiger partial charge < -0.3 is 26.6 Å². The molecule has 0 amide bonds. The Morgan fingerprint density at radius 1 is 1.09 bits per heavy atom. The summed E-state index contributed by atoms with van der Waals surface area (Å²) in [5.41, 5.74) is 0.892. The Labute approximate surface area is 120 Å². The van der Waals surface area contributed by atoms with Crippen LogP contribution >= 0.6 is 0 Å². The number of carbonyl (C=O) groups is 2. The lowest BCUT2D eigenvalue weighted by atomic mass is 10.1. The molecule has 0 radical (unpaired) electrons. The number of carboxylic acid groups (broad SMARTS) is 2. The first-order valence-corrected chi connectivity index (χ1v) is 5.53. The van der Waals surface area contributed by atoms with Crippen molar-refractivity contribution in [3.63, 3.8) is 0 Å². The van der Waals surface area contributed by atoms with Gasteiger partial charge in [-0.2, -0.15) is 0 Å². The third-order valence-corrected chi connectivity index (χ3v) is 2.40. The van der Waals surface area contributed by atoms with Gasteiger partial charge in [0.25, 0.3) is 0 Å². The average Bonchev–Trinajstić information content (AvgIpc) is 2.41. The molecule has 0 saturated carbocycles. The maximum atomic E-state index is 13.8. The fraction of sp³-hybridized carbons (Fsp3) is 0.200. The molecule has 0 aliphatic heterocycles. The molecule has 1 rings (SSSR count). The maximum absolute atomic E-state index is 13.8. The number of halogens is 2. The second-order valence-electron chi connectivity index (χ2n) is 3.89. The number of nitrogens with one attached hydrogen (secondary N) is 2. The largest absolute Gasteiger partial charge is 0.480 e. The number of nitro groups is 1. The number of carboxylic acids is 2. The molecule has 0 aromatic heterocycles. The second-order valence-corrected chi connectivity index (χ2v) is 3.89. The molecule has 120 valence electrons. The SMILES string of the molecule is Nc1c(F)c(NCC(=O)O)c([N+](=O)[O-])c(NCC(=O)O)c1F. The van der Waals surface area contributed by atoms with E-state index >= 15 is 0 Å². The first-order chi connectivity index (χ1) is 10.2. The average molecular weight is 320 g/mol. The highest BCUT2D eigenvalue weighted by molar-refractivity contribution is 5.86. The van der Waals surface area contributed by atoms with Crippen LogP contribution in [0.4, 0.5) is 31.5 Å². The van der Waals surface area contributed by atoms with E-state index in [2.05, 4.69) is 0 Å². The predicted molar refractivity (Wildman–Crippen MR) is 69.7 cm³/mol. The first kappa shape index (κ1) is 16.9. The molecule has 0 saturated heterocycles. The molecule has 22 heavy (non-hydrogen) atoms.